The number of aryl methyl sites for hydroxylation is 2. The van der Waals surface area contributed by atoms with E-state index in [0.29, 0.717) is 17.3 Å². The number of amides is 1. The second-order valence-electron chi connectivity index (χ2n) is 5.59. The number of nitrogens with zero attached hydrogens (tertiary/aromatic N) is 2. The molecule has 3 rings (SSSR count). The van der Waals surface area contributed by atoms with Gasteiger partial charge in [0.1, 0.15) is 17.3 Å². The van der Waals surface area contributed by atoms with Crippen molar-refractivity contribution in [1.82, 2.24) is 9.97 Å². The van der Waals surface area contributed by atoms with E-state index in [1.807, 2.05) is 55.5 Å². The average molecular weight is 397 g/mol. The van der Waals surface area contributed by atoms with E-state index in [0.717, 1.165) is 21.4 Å². The fourth-order valence-electron chi connectivity index (χ4n) is 2.36. The first-order valence-corrected chi connectivity index (χ1v) is 8.56. The summed E-state index contributed by atoms with van der Waals surface area (Å²) in [7, 11) is 0. The first kappa shape index (κ1) is 17.1. The first-order chi connectivity index (χ1) is 12.0. The standard InChI is InChI=1S/C19H17BrN4O/c1-12-6-3-4-9-16(12)24-19(25)17-11-18(22-13(2)21-17)23-15-8-5-7-14(20)10-15/h3-11H,1-2H3,(H,24,25)(H,21,22,23). The summed E-state index contributed by atoms with van der Waals surface area (Å²) in [5, 5.41) is 6.08. The molecule has 0 aliphatic rings. The molecule has 0 aliphatic heterocycles. The van der Waals surface area contributed by atoms with Crippen LogP contribution in [0.3, 0.4) is 0 Å². The number of rotatable bonds is 4. The summed E-state index contributed by atoms with van der Waals surface area (Å²) >= 11 is 3.43. The van der Waals surface area contributed by atoms with Gasteiger partial charge in [0.15, 0.2) is 0 Å². The van der Waals surface area contributed by atoms with E-state index in [4.69, 9.17) is 0 Å². The largest absolute Gasteiger partial charge is 0.340 e. The summed E-state index contributed by atoms with van der Waals surface area (Å²) < 4.78 is 0.959. The molecule has 2 N–H and O–H groups in total. The lowest BCUT2D eigenvalue weighted by Gasteiger charge is -2.10. The molecule has 0 saturated heterocycles. The molecule has 5 nitrogen and oxygen atoms in total. The quantitative estimate of drug-likeness (QED) is 0.661. The number of benzene rings is 2. The maximum atomic E-state index is 12.5. The van der Waals surface area contributed by atoms with Crippen LogP contribution in [0.25, 0.3) is 0 Å². The fraction of sp³-hybridized carbons (Fsp3) is 0.105. The van der Waals surface area contributed by atoms with Gasteiger partial charge in [-0.15, -0.1) is 0 Å². The first-order valence-electron chi connectivity index (χ1n) is 7.76. The van der Waals surface area contributed by atoms with Crippen LogP contribution in [0.5, 0.6) is 0 Å². The van der Waals surface area contributed by atoms with Crippen LogP contribution in [-0.4, -0.2) is 15.9 Å². The number of hydrogen-bond donors (Lipinski definition) is 2. The van der Waals surface area contributed by atoms with Crippen LogP contribution in [0.4, 0.5) is 17.2 Å². The Labute approximate surface area is 154 Å². The van der Waals surface area contributed by atoms with Gasteiger partial charge in [-0.25, -0.2) is 9.97 Å². The molecule has 0 bridgehead atoms. The van der Waals surface area contributed by atoms with Crippen molar-refractivity contribution in [1.29, 1.82) is 0 Å². The highest BCUT2D eigenvalue weighted by Crippen LogP contribution is 2.20. The van der Waals surface area contributed by atoms with Gasteiger partial charge >= 0.3 is 0 Å². The molecule has 0 saturated carbocycles. The van der Waals surface area contributed by atoms with Gasteiger partial charge in [-0.2, -0.15) is 0 Å². The zero-order valence-electron chi connectivity index (χ0n) is 13.9. The minimum atomic E-state index is -0.267. The lowest BCUT2D eigenvalue weighted by Crippen LogP contribution is -2.16. The number of anilines is 3. The Balaban J connectivity index is 1.83. The summed E-state index contributed by atoms with van der Waals surface area (Å²) in [5.41, 5.74) is 2.95. The maximum absolute atomic E-state index is 12.5. The number of nitrogens with one attached hydrogen (secondary N) is 2. The third-order valence-electron chi connectivity index (χ3n) is 3.56. The molecule has 3 aromatic rings. The van der Waals surface area contributed by atoms with Crippen molar-refractivity contribution in [3.8, 4) is 0 Å². The van der Waals surface area contributed by atoms with E-state index >= 15 is 0 Å². The Morgan fingerprint density at radius 3 is 2.56 bits per heavy atom. The minimum absolute atomic E-state index is 0.267. The molecule has 1 amide bonds. The molecule has 6 heteroatoms. The van der Waals surface area contributed by atoms with Crippen LogP contribution < -0.4 is 10.6 Å². The Kier molecular flexibility index (Phi) is 5.09. The van der Waals surface area contributed by atoms with Gasteiger partial charge in [0, 0.05) is 21.9 Å². The number of para-hydroxylation sites is 1. The number of hydrogen-bond acceptors (Lipinski definition) is 4. The van der Waals surface area contributed by atoms with Gasteiger partial charge in [0.25, 0.3) is 5.91 Å². The Morgan fingerprint density at radius 1 is 1.00 bits per heavy atom. The summed E-state index contributed by atoms with van der Waals surface area (Å²) in [6, 6.07) is 17.0. The van der Waals surface area contributed by atoms with Crippen molar-refractivity contribution < 1.29 is 4.79 Å². The van der Waals surface area contributed by atoms with Gasteiger partial charge in [-0.3, -0.25) is 4.79 Å². The zero-order chi connectivity index (χ0) is 17.8. The van der Waals surface area contributed by atoms with E-state index in [-0.39, 0.29) is 5.91 Å². The molecule has 126 valence electrons. The molecule has 25 heavy (non-hydrogen) atoms. The van der Waals surface area contributed by atoms with E-state index in [1.165, 1.54) is 0 Å². The monoisotopic (exact) mass is 396 g/mol. The summed E-state index contributed by atoms with van der Waals surface area (Å²) in [6.45, 7) is 3.71. The van der Waals surface area contributed by atoms with Crippen molar-refractivity contribution in [3.05, 3.63) is 76.2 Å². The lowest BCUT2D eigenvalue weighted by molar-refractivity contribution is 0.102. The maximum Gasteiger partial charge on any atom is 0.274 e. The Hall–Kier alpha value is -2.73. The van der Waals surface area contributed by atoms with Gasteiger partial charge < -0.3 is 10.6 Å². The third-order valence-corrected chi connectivity index (χ3v) is 4.05. The summed E-state index contributed by atoms with van der Waals surface area (Å²) in [5.74, 6) is 0.826. The molecular formula is C19H17BrN4O. The predicted octanol–water partition coefficient (Wildman–Crippen LogP) is 4.85. The Bertz CT molecular complexity index is 927. The van der Waals surface area contributed by atoms with Crippen molar-refractivity contribution >= 4 is 39.0 Å². The number of carbonyl (C=O) groups excluding carboxylic acids is 1. The van der Waals surface area contributed by atoms with Gasteiger partial charge in [-0.1, -0.05) is 40.2 Å². The Morgan fingerprint density at radius 2 is 1.80 bits per heavy atom. The van der Waals surface area contributed by atoms with Crippen LogP contribution in [-0.2, 0) is 0 Å². The zero-order valence-corrected chi connectivity index (χ0v) is 15.5. The number of aromatic nitrogens is 2. The second kappa shape index (κ2) is 7.44. The van der Waals surface area contributed by atoms with Crippen LogP contribution >= 0.6 is 15.9 Å². The van der Waals surface area contributed by atoms with Gasteiger partial charge in [0.2, 0.25) is 0 Å². The predicted molar refractivity (Wildman–Crippen MR) is 103 cm³/mol. The normalized spacial score (nSPS) is 10.4. The van der Waals surface area contributed by atoms with E-state index in [1.54, 1.807) is 13.0 Å². The second-order valence-corrected chi connectivity index (χ2v) is 6.51. The number of halogens is 1. The van der Waals surface area contributed by atoms with Crippen LogP contribution in [0.2, 0.25) is 0 Å². The molecule has 1 heterocycles. The third kappa shape index (κ3) is 4.42. The molecule has 0 radical (unpaired) electrons. The SMILES string of the molecule is Cc1nc(Nc2cccc(Br)c2)cc(C(=O)Nc2ccccc2C)n1. The van der Waals surface area contributed by atoms with Crippen LogP contribution in [0, 0.1) is 13.8 Å². The van der Waals surface area contributed by atoms with Crippen molar-refractivity contribution in [2.75, 3.05) is 10.6 Å². The molecule has 2 aromatic carbocycles. The highest BCUT2D eigenvalue weighted by molar-refractivity contribution is 9.10. The van der Waals surface area contributed by atoms with Crippen molar-refractivity contribution in [2.45, 2.75) is 13.8 Å². The smallest absolute Gasteiger partial charge is 0.274 e. The molecular weight excluding hydrogens is 380 g/mol. The topological polar surface area (TPSA) is 66.9 Å². The van der Waals surface area contributed by atoms with E-state index in [9.17, 15) is 4.79 Å². The lowest BCUT2D eigenvalue weighted by atomic mass is 10.2. The van der Waals surface area contributed by atoms with E-state index < -0.39 is 0 Å². The molecule has 0 aliphatic carbocycles. The van der Waals surface area contributed by atoms with Crippen molar-refractivity contribution in [3.63, 3.8) is 0 Å². The van der Waals surface area contributed by atoms with Gasteiger partial charge in [0.05, 0.1) is 0 Å². The highest BCUT2D eigenvalue weighted by Gasteiger charge is 2.12. The highest BCUT2D eigenvalue weighted by atomic mass is 79.9. The van der Waals surface area contributed by atoms with Crippen LogP contribution in [0.1, 0.15) is 21.9 Å². The van der Waals surface area contributed by atoms with Crippen molar-refractivity contribution in [2.24, 2.45) is 0 Å². The summed E-state index contributed by atoms with van der Waals surface area (Å²) in [6.07, 6.45) is 0. The van der Waals surface area contributed by atoms with E-state index in [2.05, 4.69) is 36.5 Å². The molecule has 0 unspecified atom stereocenters. The molecule has 0 atom stereocenters. The minimum Gasteiger partial charge on any atom is -0.340 e. The average Bonchev–Trinajstić information content (AvgIpc) is 2.56. The summed E-state index contributed by atoms with van der Waals surface area (Å²) in [4.78, 5) is 21.1. The molecule has 0 fully saturated rings. The van der Waals surface area contributed by atoms with Crippen LogP contribution in [0.15, 0.2) is 59.1 Å². The molecule has 1 aromatic heterocycles. The number of carbonyl (C=O) groups is 1. The van der Waals surface area contributed by atoms with Gasteiger partial charge in [-0.05, 0) is 43.7 Å². The molecule has 0 spiro atoms. The fourth-order valence-corrected chi connectivity index (χ4v) is 2.76.